The Morgan fingerprint density at radius 3 is 2.20 bits per heavy atom. The summed E-state index contributed by atoms with van der Waals surface area (Å²) >= 11 is 0. The lowest BCUT2D eigenvalue weighted by atomic mass is 10.1. The van der Waals surface area contributed by atoms with Crippen molar-refractivity contribution in [2.75, 3.05) is 42.4 Å². The van der Waals surface area contributed by atoms with Gasteiger partial charge in [0.1, 0.15) is 17.4 Å². The fourth-order valence-electron chi connectivity index (χ4n) is 2.23. The van der Waals surface area contributed by atoms with Crippen LogP contribution >= 0.6 is 0 Å². The Labute approximate surface area is 166 Å². The highest BCUT2D eigenvalue weighted by molar-refractivity contribution is 6.07. The van der Waals surface area contributed by atoms with Crippen molar-refractivity contribution in [3.05, 3.63) is 35.4 Å². The van der Waals surface area contributed by atoms with E-state index in [9.17, 15) is 31.1 Å². The van der Waals surface area contributed by atoms with Gasteiger partial charge in [-0.2, -0.15) is 26.3 Å². The van der Waals surface area contributed by atoms with Crippen molar-refractivity contribution in [1.29, 1.82) is 0 Å². The van der Waals surface area contributed by atoms with Crippen LogP contribution in [0.2, 0.25) is 0 Å². The maximum atomic E-state index is 13.1. The number of nitrogen functional groups attached to an aromatic ring is 2. The summed E-state index contributed by atoms with van der Waals surface area (Å²) < 4.78 is 81.4. The molecular formula is C17H17F6N5O2. The predicted molar refractivity (Wildman–Crippen MR) is 98.3 cm³/mol. The average Bonchev–Trinajstić information content (AvgIpc) is 2.60. The van der Waals surface area contributed by atoms with E-state index in [2.05, 4.69) is 15.0 Å². The zero-order valence-electron chi connectivity index (χ0n) is 15.6. The van der Waals surface area contributed by atoms with Gasteiger partial charge in [-0.15, -0.1) is 0 Å². The molecule has 0 fully saturated rings. The van der Waals surface area contributed by atoms with Crippen LogP contribution in [0.4, 0.5) is 49.4 Å². The highest BCUT2D eigenvalue weighted by Gasteiger charge is 2.32. The normalized spacial score (nSPS) is 11.9. The molecule has 2 rings (SSSR count). The molecule has 0 aliphatic heterocycles. The fourth-order valence-corrected chi connectivity index (χ4v) is 2.23. The standard InChI is InChI=1S/C17H17F6N5O2/c1-28(2)14-4-8(17(21,22)23)3-13(26-14)27-15(29)9-5-10(24)11(25)6-12(9)30-7-16(18,19)20/h3-6H,7,24-25H2,1-2H3,(H,26,27,29). The van der Waals surface area contributed by atoms with E-state index < -0.39 is 47.6 Å². The molecule has 2 aromatic rings. The summed E-state index contributed by atoms with van der Waals surface area (Å²) in [6.07, 6.45) is -9.42. The third-order valence-corrected chi connectivity index (χ3v) is 3.66. The van der Waals surface area contributed by atoms with Crippen LogP contribution in [0.1, 0.15) is 15.9 Å². The SMILES string of the molecule is CN(C)c1cc(C(F)(F)F)cc(NC(=O)c2cc(N)c(N)cc2OCC(F)(F)F)n1. The van der Waals surface area contributed by atoms with Crippen LogP contribution in [0.15, 0.2) is 24.3 Å². The van der Waals surface area contributed by atoms with E-state index in [1.165, 1.54) is 19.0 Å². The molecule has 1 heterocycles. The van der Waals surface area contributed by atoms with Crippen molar-refractivity contribution in [3.63, 3.8) is 0 Å². The number of alkyl halides is 6. The Balaban J connectivity index is 2.42. The van der Waals surface area contributed by atoms with E-state index in [0.29, 0.717) is 6.07 Å². The third kappa shape index (κ3) is 5.81. The third-order valence-electron chi connectivity index (χ3n) is 3.66. The number of benzene rings is 1. The molecule has 0 atom stereocenters. The molecule has 0 saturated heterocycles. The number of anilines is 4. The van der Waals surface area contributed by atoms with Crippen LogP contribution in [-0.4, -0.2) is 37.8 Å². The van der Waals surface area contributed by atoms with E-state index in [4.69, 9.17) is 11.5 Å². The molecule has 1 amide bonds. The number of nitrogens with two attached hydrogens (primary N) is 2. The van der Waals surface area contributed by atoms with E-state index in [0.717, 1.165) is 18.2 Å². The Morgan fingerprint density at radius 2 is 1.67 bits per heavy atom. The molecule has 7 nitrogen and oxygen atoms in total. The summed E-state index contributed by atoms with van der Waals surface area (Å²) in [5.41, 5.74) is 9.32. The maximum absolute atomic E-state index is 13.1. The number of hydrogen-bond acceptors (Lipinski definition) is 6. The molecule has 164 valence electrons. The molecule has 30 heavy (non-hydrogen) atoms. The number of aromatic nitrogens is 1. The first-order valence-electron chi connectivity index (χ1n) is 8.14. The second-order valence-electron chi connectivity index (χ2n) is 6.33. The van der Waals surface area contributed by atoms with Gasteiger partial charge < -0.3 is 26.4 Å². The van der Waals surface area contributed by atoms with Gasteiger partial charge in [-0.05, 0) is 18.2 Å². The summed E-state index contributed by atoms with van der Waals surface area (Å²) in [6, 6.07) is 3.23. The highest BCUT2D eigenvalue weighted by atomic mass is 19.4. The monoisotopic (exact) mass is 437 g/mol. The molecule has 0 radical (unpaired) electrons. The van der Waals surface area contributed by atoms with Crippen LogP contribution in [0, 0.1) is 0 Å². The molecule has 0 saturated carbocycles. The number of carbonyl (C=O) groups is 1. The van der Waals surface area contributed by atoms with E-state index in [-0.39, 0.29) is 17.2 Å². The smallest absolute Gasteiger partial charge is 0.422 e. The summed E-state index contributed by atoms with van der Waals surface area (Å²) in [5, 5.41) is 2.12. The summed E-state index contributed by atoms with van der Waals surface area (Å²) in [6.45, 7) is -1.72. The van der Waals surface area contributed by atoms with Gasteiger partial charge in [-0.1, -0.05) is 0 Å². The minimum atomic E-state index is -4.72. The topological polar surface area (TPSA) is 106 Å². The highest BCUT2D eigenvalue weighted by Crippen LogP contribution is 2.33. The minimum absolute atomic E-state index is 0.106. The molecule has 0 aliphatic carbocycles. The second-order valence-corrected chi connectivity index (χ2v) is 6.33. The number of carbonyl (C=O) groups excluding carboxylic acids is 1. The van der Waals surface area contributed by atoms with Crippen LogP contribution in [0.5, 0.6) is 5.75 Å². The Bertz CT molecular complexity index is 943. The number of halogens is 6. The average molecular weight is 437 g/mol. The number of ether oxygens (including phenoxy) is 1. The van der Waals surface area contributed by atoms with Gasteiger partial charge >= 0.3 is 12.4 Å². The Hall–Kier alpha value is -3.38. The van der Waals surface area contributed by atoms with E-state index in [1.807, 2.05) is 0 Å². The van der Waals surface area contributed by atoms with Gasteiger partial charge in [-0.25, -0.2) is 4.98 Å². The maximum Gasteiger partial charge on any atom is 0.422 e. The molecule has 1 aromatic heterocycles. The Morgan fingerprint density at radius 1 is 1.07 bits per heavy atom. The molecule has 13 heteroatoms. The first-order chi connectivity index (χ1) is 13.7. The van der Waals surface area contributed by atoms with Crippen molar-refractivity contribution in [2.45, 2.75) is 12.4 Å². The first kappa shape index (κ1) is 22.9. The van der Waals surface area contributed by atoms with Gasteiger partial charge in [0.15, 0.2) is 6.61 Å². The van der Waals surface area contributed by atoms with Crippen molar-refractivity contribution < 1.29 is 35.9 Å². The second kappa shape index (κ2) is 8.16. The molecule has 0 unspecified atom stereocenters. The number of nitrogens with zero attached hydrogens (tertiary/aromatic N) is 2. The first-order valence-corrected chi connectivity index (χ1v) is 8.14. The number of nitrogens with one attached hydrogen (secondary N) is 1. The van der Waals surface area contributed by atoms with Crippen LogP contribution in [-0.2, 0) is 6.18 Å². The van der Waals surface area contributed by atoms with Gasteiger partial charge in [0.25, 0.3) is 5.91 Å². The number of pyridine rings is 1. The van der Waals surface area contributed by atoms with Crippen LogP contribution < -0.4 is 26.4 Å². The zero-order valence-corrected chi connectivity index (χ0v) is 15.6. The van der Waals surface area contributed by atoms with Crippen molar-refractivity contribution in [1.82, 2.24) is 4.98 Å². The Kier molecular flexibility index (Phi) is 6.23. The zero-order chi connectivity index (χ0) is 22.9. The van der Waals surface area contributed by atoms with E-state index >= 15 is 0 Å². The van der Waals surface area contributed by atoms with E-state index in [1.54, 1.807) is 0 Å². The van der Waals surface area contributed by atoms with Gasteiger partial charge in [0, 0.05) is 20.2 Å². The fraction of sp³-hybridized carbons (Fsp3) is 0.294. The minimum Gasteiger partial charge on any atom is -0.483 e. The van der Waals surface area contributed by atoms with Gasteiger partial charge in [0.2, 0.25) is 0 Å². The number of amides is 1. The van der Waals surface area contributed by atoms with Crippen LogP contribution in [0.25, 0.3) is 0 Å². The molecule has 1 aromatic carbocycles. The predicted octanol–water partition coefficient (Wildman–Crippen LogP) is 3.52. The van der Waals surface area contributed by atoms with Crippen molar-refractivity contribution in [2.24, 2.45) is 0 Å². The van der Waals surface area contributed by atoms with Gasteiger partial charge in [0.05, 0.1) is 22.5 Å². The summed E-state index contributed by atoms with van der Waals surface area (Å²) in [5.74, 6) is -2.21. The number of rotatable bonds is 5. The lowest BCUT2D eigenvalue weighted by molar-refractivity contribution is -0.153. The molecular weight excluding hydrogens is 420 g/mol. The molecule has 0 aliphatic rings. The van der Waals surface area contributed by atoms with Gasteiger partial charge in [-0.3, -0.25) is 4.79 Å². The van der Waals surface area contributed by atoms with Crippen molar-refractivity contribution >= 4 is 28.9 Å². The molecule has 0 bridgehead atoms. The van der Waals surface area contributed by atoms with Crippen LogP contribution in [0.3, 0.4) is 0 Å². The summed E-state index contributed by atoms with van der Waals surface area (Å²) in [7, 11) is 2.88. The molecule has 5 N–H and O–H groups in total. The lowest BCUT2D eigenvalue weighted by Gasteiger charge is -2.17. The quantitative estimate of drug-likeness (QED) is 0.488. The summed E-state index contributed by atoms with van der Waals surface area (Å²) in [4.78, 5) is 17.7. The van der Waals surface area contributed by atoms with Crippen molar-refractivity contribution in [3.8, 4) is 5.75 Å². The largest absolute Gasteiger partial charge is 0.483 e. The number of hydrogen-bond donors (Lipinski definition) is 3. The lowest BCUT2D eigenvalue weighted by Crippen LogP contribution is -2.22. The molecule has 0 spiro atoms.